The van der Waals surface area contributed by atoms with Crippen molar-refractivity contribution in [3.8, 4) is 11.5 Å². The highest BCUT2D eigenvalue weighted by molar-refractivity contribution is 7.89. The first-order valence-electron chi connectivity index (χ1n) is 10.8. The largest absolute Gasteiger partial charge is 0.486 e. The topological polar surface area (TPSA) is 84.9 Å². The van der Waals surface area contributed by atoms with Gasteiger partial charge in [0.05, 0.1) is 4.90 Å². The summed E-state index contributed by atoms with van der Waals surface area (Å²) in [6.45, 7) is 1.31. The van der Waals surface area contributed by atoms with Crippen LogP contribution in [0.2, 0.25) is 0 Å². The van der Waals surface area contributed by atoms with E-state index in [1.807, 2.05) is 30.3 Å². The summed E-state index contributed by atoms with van der Waals surface area (Å²) in [6, 6.07) is 13.8. The van der Waals surface area contributed by atoms with Crippen molar-refractivity contribution in [1.29, 1.82) is 0 Å². The average molecular weight is 443 g/mol. The number of nitrogens with one attached hydrogen (secondary N) is 1. The third-order valence-electron chi connectivity index (χ3n) is 6.44. The molecule has 3 atom stereocenters. The third-order valence-corrected chi connectivity index (χ3v) is 8.37. The summed E-state index contributed by atoms with van der Waals surface area (Å²) < 4.78 is 39.7. The summed E-state index contributed by atoms with van der Waals surface area (Å²) in [6.07, 6.45) is 3.12. The monoisotopic (exact) mass is 442 g/mol. The molecular formula is C23H26N2O5S. The molecule has 7 nitrogen and oxygen atoms in total. The van der Waals surface area contributed by atoms with E-state index in [9.17, 15) is 13.2 Å². The van der Waals surface area contributed by atoms with Crippen LogP contribution in [0.5, 0.6) is 11.5 Å². The van der Waals surface area contributed by atoms with Crippen molar-refractivity contribution in [3.05, 3.63) is 54.1 Å². The molecule has 0 unspecified atom stereocenters. The zero-order valence-corrected chi connectivity index (χ0v) is 18.0. The fourth-order valence-corrected chi connectivity index (χ4v) is 6.90. The molecule has 0 radical (unpaired) electrons. The van der Waals surface area contributed by atoms with E-state index >= 15 is 0 Å². The molecule has 2 bridgehead atoms. The molecule has 5 rings (SSSR count). The second-order valence-corrected chi connectivity index (χ2v) is 10.2. The number of hydrogen-bond donors (Lipinski definition) is 1. The highest BCUT2D eigenvalue weighted by Gasteiger charge is 2.54. The van der Waals surface area contributed by atoms with Crippen molar-refractivity contribution in [1.82, 2.24) is 9.62 Å². The van der Waals surface area contributed by atoms with Crippen molar-refractivity contribution in [3.63, 3.8) is 0 Å². The summed E-state index contributed by atoms with van der Waals surface area (Å²) in [5.74, 6) is 0.835. The van der Waals surface area contributed by atoms with E-state index in [-0.39, 0.29) is 22.8 Å². The Kier molecular flexibility index (Phi) is 5.35. The first-order valence-corrected chi connectivity index (χ1v) is 12.2. The number of piperidine rings is 1. The van der Waals surface area contributed by atoms with Crippen LogP contribution >= 0.6 is 0 Å². The number of fused-ring (bicyclic) bond motifs is 3. The molecule has 2 aromatic carbocycles. The van der Waals surface area contributed by atoms with Gasteiger partial charge in [-0.1, -0.05) is 30.3 Å². The van der Waals surface area contributed by atoms with Crippen molar-refractivity contribution in [2.24, 2.45) is 5.92 Å². The van der Waals surface area contributed by atoms with Crippen LogP contribution < -0.4 is 14.8 Å². The van der Waals surface area contributed by atoms with Crippen LogP contribution in [0.1, 0.15) is 24.8 Å². The lowest BCUT2D eigenvalue weighted by Crippen LogP contribution is -2.52. The minimum absolute atomic E-state index is 0.0636. The number of benzene rings is 2. The molecular weight excluding hydrogens is 416 g/mol. The van der Waals surface area contributed by atoms with E-state index in [1.165, 1.54) is 10.4 Å². The molecule has 1 saturated carbocycles. The molecule has 8 heteroatoms. The predicted molar refractivity (Wildman–Crippen MR) is 115 cm³/mol. The van der Waals surface area contributed by atoms with Gasteiger partial charge in [0, 0.05) is 18.7 Å². The summed E-state index contributed by atoms with van der Waals surface area (Å²) in [7, 11) is -3.84. The molecule has 2 heterocycles. The normalized spacial score (nSPS) is 24.8. The molecule has 0 spiro atoms. The summed E-state index contributed by atoms with van der Waals surface area (Å²) in [5.41, 5.74) is 1.14. The molecule has 164 valence electrons. The van der Waals surface area contributed by atoms with Gasteiger partial charge >= 0.3 is 0 Å². The zero-order valence-electron chi connectivity index (χ0n) is 17.2. The van der Waals surface area contributed by atoms with Gasteiger partial charge in [0.25, 0.3) is 0 Å². The Morgan fingerprint density at radius 1 is 1.03 bits per heavy atom. The van der Waals surface area contributed by atoms with Gasteiger partial charge < -0.3 is 14.8 Å². The number of carbonyl (C=O) groups is 1. The second-order valence-electron chi connectivity index (χ2n) is 8.34. The Morgan fingerprint density at radius 3 is 2.61 bits per heavy atom. The molecule has 2 aliphatic heterocycles. The Balaban J connectivity index is 1.35. The van der Waals surface area contributed by atoms with Crippen LogP contribution in [0.4, 0.5) is 0 Å². The van der Waals surface area contributed by atoms with Gasteiger partial charge in [-0.3, -0.25) is 4.79 Å². The van der Waals surface area contributed by atoms with Crippen LogP contribution in [0.3, 0.4) is 0 Å². The van der Waals surface area contributed by atoms with E-state index in [0.29, 0.717) is 37.7 Å². The van der Waals surface area contributed by atoms with Crippen molar-refractivity contribution in [2.75, 3.05) is 19.8 Å². The highest BCUT2D eigenvalue weighted by atomic mass is 32.2. The molecule has 1 N–H and O–H groups in total. The Bertz CT molecular complexity index is 1070. The summed E-state index contributed by atoms with van der Waals surface area (Å²) >= 11 is 0. The minimum atomic E-state index is -3.84. The maximum atomic E-state index is 13.6. The number of amides is 1. The number of rotatable bonds is 6. The van der Waals surface area contributed by atoms with Crippen LogP contribution in [0, 0.1) is 5.92 Å². The number of hydrogen-bond acceptors (Lipinski definition) is 5. The lowest BCUT2D eigenvalue weighted by molar-refractivity contribution is -0.126. The Labute approximate surface area is 182 Å². The van der Waals surface area contributed by atoms with Gasteiger partial charge in [0.15, 0.2) is 11.5 Å². The van der Waals surface area contributed by atoms with Gasteiger partial charge in [-0.2, -0.15) is 4.31 Å². The SMILES string of the molecule is O=C(NCCc1ccccc1)[C@@H]1[C@H]2CC[C@@H](C2)N1S(=O)(=O)c1ccc2c(c1)OCCO2. The van der Waals surface area contributed by atoms with Crippen LogP contribution in [0.25, 0.3) is 0 Å². The van der Waals surface area contributed by atoms with Gasteiger partial charge in [-0.05, 0) is 49.3 Å². The predicted octanol–water partition coefficient (Wildman–Crippen LogP) is 2.36. The third kappa shape index (κ3) is 3.78. The summed E-state index contributed by atoms with van der Waals surface area (Å²) in [4.78, 5) is 13.2. The number of ether oxygens (including phenoxy) is 2. The first-order chi connectivity index (χ1) is 15.0. The fraction of sp³-hybridized carbons (Fsp3) is 0.435. The zero-order chi connectivity index (χ0) is 21.4. The molecule has 1 amide bonds. The molecule has 2 aromatic rings. The van der Waals surface area contributed by atoms with Gasteiger partial charge in [-0.15, -0.1) is 0 Å². The number of carbonyl (C=O) groups excluding carboxylic acids is 1. The lowest BCUT2D eigenvalue weighted by Gasteiger charge is -2.33. The molecule has 1 saturated heterocycles. The van der Waals surface area contributed by atoms with E-state index in [2.05, 4.69) is 5.32 Å². The van der Waals surface area contributed by atoms with E-state index < -0.39 is 16.1 Å². The molecule has 3 aliphatic rings. The van der Waals surface area contributed by atoms with Crippen LogP contribution in [0.15, 0.2) is 53.4 Å². The fourth-order valence-electron chi connectivity index (χ4n) is 5.00. The average Bonchev–Trinajstić information content (AvgIpc) is 3.41. The lowest BCUT2D eigenvalue weighted by atomic mass is 9.99. The van der Waals surface area contributed by atoms with Crippen molar-refractivity contribution >= 4 is 15.9 Å². The minimum Gasteiger partial charge on any atom is -0.486 e. The Morgan fingerprint density at radius 2 is 1.81 bits per heavy atom. The standard InChI is InChI=1S/C23H26N2O5S/c26-23(24-11-10-16-4-2-1-3-5-16)22-17-6-7-18(14-17)25(22)31(27,28)19-8-9-20-21(15-19)30-13-12-29-20/h1-5,8-9,15,17-18,22H,6-7,10-14H2,(H,24,26)/t17-,18-,22-/m0/s1. The van der Waals surface area contributed by atoms with Gasteiger partial charge in [0.2, 0.25) is 15.9 Å². The smallest absolute Gasteiger partial charge is 0.244 e. The maximum Gasteiger partial charge on any atom is 0.244 e. The van der Waals surface area contributed by atoms with E-state index in [1.54, 1.807) is 12.1 Å². The van der Waals surface area contributed by atoms with Crippen LogP contribution in [-0.4, -0.2) is 50.5 Å². The maximum absolute atomic E-state index is 13.6. The molecule has 0 aromatic heterocycles. The number of sulfonamides is 1. The van der Waals surface area contributed by atoms with Gasteiger partial charge in [-0.25, -0.2) is 8.42 Å². The van der Waals surface area contributed by atoms with E-state index in [4.69, 9.17) is 9.47 Å². The summed E-state index contributed by atoms with van der Waals surface area (Å²) in [5, 5.41) is 2.97. The van der Waals surface area contributed by atoms with Gasteiger partial charge in [0.1, 0.15) is 19.3 Å². The molecule has 1 aliphatic carbocycles. The molecule has 31 heavy (non-hydrogen) atoms. The van der Waals surface area contributed by atoms with Crippen molar-refractivity contribution < 1.29 is 22.7 Å². The van der Waals surface area contributed by atoms with Crippen LogP contribution in [-0.2, 0) is 21.2 Å². The highest BCUT2D eigenvalue weighted by Crippen LogP contribution is 2.46. The van der Waals surface area contributed by atoms with E-state index in [0.717, 1.165) is 24.8 Å². The molecule has 2 fully saturated rings. The quantitative estimate of drug-likeness (QED) is 0.742. The second kappa shape index (κ2) is 8.16. The number of nitrogens with zero attached hydrogens (tertiary/aromatic N) is 1. The Hall–Kier alpha value is -2.58. The first kappa shape index (κ1) is 20.3. The van der Waals surface area contributed by atoms with Crippen molar-refractivity contribution in [2.45, 2.75) is 42.7 Å².